The van der Waals surface area contributed by atoms with Gasteiger partial charge in [-0.25, -0.2) is 4.79 Å². The molecule has 110 valence electrons. The highest BCUT2D eigenvalue weighted by Crippen LogP contribution is 2.24. The summed E-state index contributed by atoms with van der Waals surface area (Å²) in [5, 5.41) is 30.5. The molecule has 1 aliphatic rings. The second kappa shape index (κ2) is 7.42. The standard InChI is InChI=1S/C12H21NO6/c1-13-9(15)5-3-2-4-7-6-8(14)10(16)11(19-7)12(17)18/h7-8,10-11,14,16H,2-6H2,1H3,(H,13,15)(H,17,18). The van der Waals surface area contributed by atoms with Gasteiger partial charge in [0.25, 0.3) is 0 Å². The third kappa shape index (κ3) is 4.77. The van der Waals surface area contributed by atoms with Crippen molar-refractivity contribution in [1.29, 1.82) is 0 Å². The summed E-state index contributed by atoms with van der Waals surface area (Å²) in [6.45, 7) is 0. The maximum Gasteiger partial charge on any atom is 0.335 e. The number of unbranched alkanes of at least 4 members (excludes halogenated alkanes) is 1. The van der Waals surface area contributed by atoms with Crippen LogP contribution in [0.2, 0.25) is 0 Å². The van der Waals surface area contributed by atoms with Crippen LogP contribution in [0.25, 0.3) is 0 Å². The topological polar surface area (TPSA) is 116 Å². The van der Waals surface area contributed by atoms with Gasteiger partial charge in [-0.05, 0) is 12.8 Å². The van der Waals surface area contributed by atoms with Gasteiger partial charge in [0.1, 0.15) is 6.10 Å². The summed E-state index contributed by atoms with van der Waals surface area (Å²) in [7, 11) is 1.57. The van der Waals surface area contributed by atoms with E-state index < -0.39 is 30.4 Å². The normalized spacial score (nSPS) is 30.9. The van der Waals surface area contributed by atoms with Crippen molar-refractivity contribution in [2.45, 2.75) is 56.5 Å². The third-order valence-corrected chi connectivity index (χ3v) is 3.25. The van der Waals surface area contributed by atoms with Crippen molar-refractivity contribution < 1.29 is 29.6 Å². The van der Waals surface area contributed by atoms with Crippen molar-refractivity contribution >= 4 is 11.9 Å². The minimum atomic E-state index is -1.39. The van der Waals surface area contributed by atoms with Crippen LogP contribution in [0.15, 0.2) is 0 Å². The molecule has 0 aliphatic carbocycles. The molecule has 0 bridgehead atoms. The Labute approximate surface area is 111 Å². The molecule has 4 unspecified atom stereocenters. The first-order valence-corrected chi connectivity index (χ1v) is 6.40. The van der Waals surface area contributed by atoms with Gasteiger partial charge in [0.15, 0.2) is 6.10 Å². The van der Waals surface area contributed by atoms with Gasteiger partial charge in [0, 0.05) is 19.9 Å². The van der Waals surface area contributed by atoms with E-state index in [0.717, 1.165) is 0 Å². The van der Waals surface area contributed by atoms with Crippen LogP contribution in [0.3, 0.4) is 0 Å². The Hall–Kier alpha value is -1.18. The molecule has 1 aliphatic heterocycles. The molecule has 1 amide bonds. The molecule has 1 heterocycles. The van der Waals surface area contributed by atoms with Gasteiger partial charge in [-0.3, -0.25) is 4.79 Å². The summed E-state index contributed by atoms with van der Waals surface area (Å²) >= 11 is 0. The predicted molar refractivity (Wildman–Crippen MR) is 65.5 cm³/mol. The van der Waals surface area contributed by atoms with E-state index in [0.29, 0.717) is 25.7 Å². The first-order chi connectivity index (χ1) is 8.95. The lowest BCUT2D eigenvalue weighted by molar-refractivity contribution is -0.194. The number of carbonyl (C=O) groups excluding carboxylic acids is 1. The molecule has 0 aromatic heterocycles. The highest BCUT2D eigenvalue weighted by atomic mass is 16.5. The number of carboxylic acids is 1. The number of hydrogen-bond donors (Lipinski definition) is 4. The SMILES string of the molecule is CNC(=O)CCCCC1CC(O)C(O)C(C(=O)O)O1. The Morgan fingerprint density at radius 2 is 2.00 bits per heavy atom. The molecule has 4 N–H and O–H groups in total. The number of carboxylic acid groups (broad SMARTS) is 1. The Balaban J connectivity index is 2.34. The quantitative estimate of drug-likeness (QED) is 0.474. The second-order valence-electron chi connectivity index (χ2n) is 4.73. The van der Waals surface area contributed by atoms with E-state index in [1.807, 2.05) is 0 Å². The summed E-state index contributed by atoms with van der Waals surface area (Å²) in [5.74, 6) is -1.31. The van der Waals surface area contributed by atoms with Crippen LogP contribution in [0, 0.1) is 0 Å². The number of aliphatic hydroxyl groups excluding tert-OH is 2. The number of ether oxygens (including phenoxy) is 1. The van der Waals surface area contributed by atoms with Gasteiger partial charge in [-0.1, -0.05) is 6.42 Å². The minimum Gasteiger partial charge on any atom is -0.479 e. The molecule has 1 rings (SSSR count). The van der Waals surface area contributed by atoms with E-state index >= 15 is 0 Å². The molecule has 0 saturated carbocycles. The van der Waals surface area contributed by atoms with E-state index in [-0.39, 0.29) is 12.3 Å². The molecule has 1 fully saturated rings. The summed E-state index contributed by atoms with van der Waals surface area (Å²) in [5.41, 5.74) is 0. The van der Waals surface area contributed by atoms with E-state index in [9.17, 15) is 19.8 Å². The fourth-order valence-electron chi connectivity index (χ4n) is 2.13. The van der Waals surface area contributed by atoms with Gasteiger partial charge in [0.05, 0.1) is 12.2 Å². The van der Waals surface area contributed by atoms with Crippen molar-refractivity contribution in [2.75, 3.05) is 7.05 Å². The van der Waals surface area contributed by atoms with Crippen molar-refractivity contribution in [3.05, 3.63) is 0 Å². The largest absolute Gasteiger partial charge is 0.479 e. The number of aliphatic hydroxyl groups is 2. The molecule has 19 heavy (non-hydrogen) atoms. The molecule has 0 aromatic carbocycles. The molecule has 7 heteroatoms. The maximum absolute atomic E-state index is 11.0. The zero-order valence-corrected chi connectivity index (χ0v) is 10.9. The Morgan fingerprint density at radius 1 is 1.32 bits per heavy atom. The van der Waals surface area contributed by atoms with Gasteiger partial charge >= 0.3 is 5.97 Å². The van der Waals surface area contributed by atoms with Crippen LogP contribution in [-0.2, 0) is 14.3 Å². The summed E-state index contributed by atoms with van der Waals surface area (Å²) in [4.78, 5) is 21.9. The van der Waals surface area contributed by atoms with Gasteiger partial charge in [-0.15, -0.1) is 0 Å². The highest BCUT2D eigenvalue weighted by molar-refractivity contribution is 5.75. The number of aliphatic carboxylic acids is 1. The lowest BCUT2D eigenvalue weighted by Gasteiger charge is -2.35. The molecule has 4 atom stereocenters. The Bertz CT molecular complexity index is 321. The fraction of sp³-hybridized carbons (Fsp3) is 0.833. The predicted octanol–water partition coefficient (Wildman–Crippen LogP) is -0.743. The number of carbonyl (C=O) groups is 2. The average molecular weight is 275 g/mol. The first kappa shape index (κ1) is 15.9. The molecule has 1 saturated heterocycles. The van der Waals surface area contributed by atoms with Crippen molar-refractivity contribution in [3.63, 3.8) is 0 Å². The van der Waals surface area contributed by atoms with Crippen molar-refractivity contribution in [3.8, 4) is 0 Å². The van der Waals surface area contributed by atoms with Crippen LogP contribution in [0.5, 0.6) is 0 Å². The fourth-order valence-corrected chi connectivity index (χ4v) is 2.13. The maximum atomic E-state index is 11.0. The van der Waals surface area contributed by atoms with Gasteiger partial charge in [0.2, 0.25) is 5.91 Å². The molecule has 0 aromatic rings. The molecule has 0 radical (unpaired) electrons. The molecular formula is C12H21NO6. The number of hydrogen-bond acceptors (Lipinski definition) is 5. The van der Waals surface area contributed by atoms with Crippen LogP contribution in [0.1, 0.15) is 32.1 Å². The van der Waals surface area contributed by atoms with E-state index in [1.165, 1.54) is 0 Å². The van der Waals surface area contributed by atoms with E-state index in [1.54, 1.807) is 7.05 Å². The summed E-state index contributed by atoms with van der Waals surface area (Å²) in [6, 6.07) is 0. The van der Waals surface area contributed by atoms with Crippen LogP contribution in [-0.4, -0.2) is 58.7 Å². The number of nitrogens with one attached hydrogen (secondary N) is 1. The van der Waals surface area contributed by atoms with E-state index in [4.69, 9.17) is 9.84 Å². The van der Waals surface area contributed by atoms with Crippen molar-refractivity contribution in [2.24, 2.45) is 0 Å². The highest BCUT2D eigenvalue weighted by Gasteiger charge is 2.40. The Morgan fingerprint density at radius 3 is 2.58 bits per heavy atom. The zero-order chi connectivity index (χ0) is 14.4. The van der Waals surface area contributed by atoms with Crippen molar-refractivity contribution in [1.82, 2.24) is 5.32 Å². The number of rotatable bonds is 6. The lowest BCUT2D eigenvalue weighted by Crippen LogP contribution is -2.51. The van der Waals surface area contributed by atoms with Gasteiger partial charge in [-0.2, -0.15) is 0 Å². The monoisotopic (exact) mass is 275 g/mol. The molecular weight excluding hydrogens is 254 g/mol. The van der Waals surface area contributed by atoms with E-state index in [2.05, 4.69) is 5.32 Å². The first-order valence-electron chi connectivity index (χ1n) is 6.40. The Kier molecular flexibility index (Phi) is 6.20. The second-order valence-corrected chi connectivity index (χ2v) is 4.73. The summed E-state index contributed by atoms with van der Waals surface area (Å²) in [6.07, 6.45) is -1.69. The minimum absolute atomic E-state index is 0.0385. The smallest absolute Gasteiger partial charge is 0.335 e. The average Bonchev–Trinajstić information content (AvgIpc) is 2.37. The van der Waals surface area contributed by atoms with Gasteiger partial charge < -0.3 is 25.4 Å². The number of amides is 1. The zero-order valence-electron chi connectivity index (χ0n) is 10.9. The third-order valence-electron chi connectivity index (χ3n) is 3.25. The molecule has 0 spiro atoms. The van der Waals surface area contributed by atoms with Crippen LogP contribution < -0.4 is 5.32 Å². The molecule has 7 nitrogen and oxygen atoms in total. The summed E-state index contributed by atoms with van der Waals surface area (Å²) < 4.78 is 5.25. The van der Waals surface area contributed by atoms with Crippen LogP contribution >= 0.6 is 0 Å². The lowest BCUT2D eigenvalue weighted by atomic mass is 9.95. The van der Waals surface area contributed by atoms with Crippen LogP contribution in [0.4, 0.5) is 0 Å².